The highest BCUT2D eigenvalue weighted by molar-refractivity contribution is 6.06. The lowest BCUT2D eigenvalue weighted by Crippen LogP contribution is -2.40. The number of imidazole rings is 1. The molecule has 2 aromatic heterocycles. The summed E-state index contributed by atoms with van der Waals surface area (Å²) in [6.07, 6.45) is 7.01. The summed E-state index contributed by atoms with van der Waals surface area (Å²) in [5.41, 5.74) is 2.72. The summed E-state index contributed by atoms with van der Waals surface area (Å²) in [7, 11) is 1.96. The molecule has 0 saturated carbocycles. The standard InChI is InChI=1S/C18H20N4O2/c1-22-11-19-10-16(22)17-9-12(6-8-24-17)21-18(23)14-3-2-4-15-13(14)5-7-20-15/h2-5,7,10-12,17,20H,6,8-9H2,1H3,(H,21,23)/t12-,17+/m0/s1. The van der Waals surface area contributed by atoms with Crippen LogP contribution in [-0.4, -0.2) is 33.1 Å². The number of carbonyl (C=O) groups is 1. The van der Waals surface area contributed by atoms with Gasteiger partial charge in [-0.15, -0.1) is 0 Å². The van der Waals surface area contributed by atoms with E-state index in [0.29, 0.717) is 12.2 Å². The number of fused-ring (bicyclic) bond motifs is 1. The van der Waals surface area contributed by atoms with Crippen molar-refractivity contribution in [3.8, 4) is 0 Å². The molecule has 3 heterocycles. The number of nitrogens with one attached hydrogen (secondary N) is 2. The van der Waals surface area contributed by atoms with Crippen molar-refractivity contribution in [1.82, 2.24) is 19.9 Å². The van der Waals surface area contributed by atoms with Crippen LogP contribution in [0.3, 0.4) is 0 Å². The minimum atomic E-state index is -0.0316. The van der Waals surface area contributed by atoms with Crippen LogP contribution in [-0.2, 0) is 11.8 Å². The molecule has 3 aromatic rings. The number of carbonyl (C=O) groups excluding carboxylic acids is 1. The van der Waals surface area contributed by atoms with Gasteiger partial charge in [-0.2, -0.15) is 0 Å². The third kappa shape index (κ3) is 2.69. The largest absolute Gasteiger partial charge is 0.372 e. The maximum Gasteiger partial charge on any atom is 0.252 e. The molecular formula is C18H20N4O2. The topological polar surface area (TPSA) is 71.9 Å². The number of aromatic nitrogens is 3. The molecule has 2 atom stereocenters. The average Bonchev–Trinajstić information content (AvgIpc) is 3.23. The highest BCUT2D eigenvalue weighted by Crippen LogP contribution is 2.28. The molecule has 1 amide bonds. The zero-order chi connectivity index (χ0) is 16.5. The number of aryl methyl sites for hydroxylation is 1. The smallest absolute Gasteiger partial charge is 0.252 e. The molecule has 4 rings (SSSR count). The lowest BCUT2D eigenvalue weighted by molar-refractivity contribution is -0.00300. The Morgan fingerprint density at radius 3 is 3.17 bits per heavy atom. The van der Waals surface area contributed by atoms with E-state index in [2.05, 4.69) is 15.3 Å². The minimum absolute atomic E-state index is 0.0281. The Hall–Kier alpha value is -2.60. The van der Waals surface area contributed by atoms with Gasteiger partial charge < -0.3 is 19.6 Å². The summed E-state index contributed by atoms with van der Waals surface area (Å²) in [6, 6.07) is 7.77. The van der Waals surface area contributed by atoms with Crippen molar-refractivity contribution in [2.45, 2.75) is 25.0 Å². The fraction of sp³-hybridized carbons (Fsp3) is 0.333. The lowest BCUT2D eigenvalue weighted by Gasteiger charge is -2.30. The molecule has 0 spiro atoms. The normalized spacial score (nSPS) is 21.0. The van der Waals surface area contributed by atoms with E-state index in [1.807, 2.05) is 48.3 Å². The number of hydrogen-bond acceptors (Lipinski definition) is 3. The second-order valence-electron chi connectivity index (χ2n) is 6.23. The zero-order valence-corrected chi connectivity index (χ0v) is 13.5. The van der Waals surface area contributed by atoms with Gasteiger partial charge in [0.05, 0.1) is 18.2 Å². The van der Waals surface area contributed by atoms with Gasteiger partial charge in [-0.1, -0.05) is 6.07 Å². The lowest BCUT2D eigenvalue weighted by atomic mass is 10.0. The molecule has 0 aliphatic carbocycles. The Bertz CT molecular complexity index is 867. The van der Waals surface area contributed by atoms with Crippen molar-refractivity contribution in [2.75, 3.05) is 6.61 Å². The Morgan fingerprint density at radius 2 is 2.33 bits per heavy atom. The van der Waals surface area contributed by atoms with Crippen molar-refractivity contribution in [3.05, 3.63) is 54.2 Å². The number of H-pyrrole nitrogens is 1. The predicted molar refractivity (Wildman–Crippen MR) is 90.7 cm³/mol. The van der Waals surface area contributed by atoms with E-state index in [1.54, 1.807) is 6.33 Å². The molecule has 1 aromatic carbocycles. The number of benzene rings is 1. The van der Waals surface area contributed by atoms with Crippen LogP contribution >= 0.6 is 0 Å². The van der Waals surface area contributed by atoms with Crippen LogP contribution in [0.2, 0.25) is 0 Å². The molecule has 1 aliphatic heterocycles. The third-order valence-corrected chi connectivity index (χ3v) is 4.64. The second kappa shape index (κ2) is 6.13. The molecule has 0 bridgehead atoms. The van der Waals surface area contributed by atoms with Crippen molar-refractivity contribution < 1.29 is 9.53 Å². The monoisotopic (exact) mass is 324 g/mol. The Kier molecular flexibility index (Phi) is 3.82. The van der Waals surface area contributed by atoms with E-state index in [1.165, 1.54) is 0 Å². The maximum absolute atomic E-state index is 12.7. The fourth-order valence-electron chi connectivity index (χ4n) is 3.36. The van der Waals surface area contributed by atoms with E-state index in [4.69, 9.17) is 4.74 Å². The first kappa shape index (κ1) is 15.0. The number of nitrogens with zero attached hydrogens (tertiary/aromatic N) is 2. The van der Waals surface area contributed by atoms with Gasteiger partial charge in [-0.3, -0.25) is 4.79 Å². The number of aromatic amines is 1. The molecular weight excluding hydrogens is 304 g/mol. The number of amides is 1. The van der Waals surface area contributed by atoms with E-state index in [9.17, 15) is 4.79 Å². The van der Waals surface area contributed by atoms with E-state index in [0.717, 1.165) is 29.4 Å². The van der Waals surface area contributed by atoms with Gasteiger partial charge in [-0.25, -0.2) is 4.98 Å². The molecule has 1 fully saturated rings. The molecule has 1 aliphatic rings. The molecule has 6 nitrogen and oxygen atoms in total. The van der Waals surface area contributed by atoms with Gasteiger partial charge in [0.2, 0.25) is 0 Å². The molecule has 0 unspecified atom stereocenters. The quantitative estimate of drug-likeness (QED) is 0.778. The Morgan fingerprint density at radius 1 is 1.42 bits per heavy atom. The first-order chi connectivity index (χ1) is 11.7. The summed E-state index contributed by atoms with van der Waals surface area (Å²) < 4.78 is 7.83. The molecule has 6 heteroatoms. The predicted octanol–water partition coefficient (Wildman–Crippen LogP) is 2.55. The molecule has 24 heavy (non-hydrogen) atoms. The number of hydrogen-bond donors (Lipinski definition) is 2. The van der Waals surface area contributed by atoms with Crippen LogP contribution in [0.5, 0.6) is 0 Å². The maximum atomic E-state index is 12.7. The van der Waals surface area contributed by atoms with Gasteiger partial charge in [0.15, 0.2) is 0 Å². The first-order valence-corrected chi connectivity index (χ1v) is 8.17. The van der Waals surface area contributed by atoms with Crippen LogP contribution in [0, 0.1) is 0 Å². The van der Waals surface area contributed by atoms with Gasteiger partial charge in [0.25, 0.3) is 5.91 Å². The van der Waals surface area contributed by atoms with Crippen molar-refractivity contribution in [3.63, 3.8) is 0 Å². The van der Waals surface area contributed by atoms with Crippen LogP contribution < -0.4 is 5.32 Å². The highest BCUT2D eigenvalue weighted by atomic mass is 16.5. The summed E-state index contributed by atoms with van der Waals surface area (Å²) >= 11 is 0. The summed E-state index contributed by atoms with van der Waals surface area (Å²) in [4.78, 5) is 20.0. The van der Waals surface area contributed by atoms with Gasteiger partial charge in [-0.05, 0) is 31.0 Å². The van der Waals surface area contributed by atoms with E-state index in [-0.39, 0.29) is 18.1 Å². The van der Waals surface area contributed by atoms with Crippen molar-refractivity contribution in [1.29, 1.82) is 0 Å². The molecule has 124 valence electrons. The first-order valence-electron chi connectivity index (χ1n) is 8.17. The van der Waals surface area contributed by atoms with Gasteiger partial charge in [0, 0.05) is 42.4 Å². The molecule has 1 saturated heterocycles. The molecule has 0 radical (unpaired) electrons. The van der Waals surface area contributed by atoms with Gasteiger partial charge >= 0.3 is 0 Å². The van der Waals surface area contributed by atoms with Crippen molar-refractivity contribution >= 4 is 16.8 Å². The van der Waals surface area contributed by atoms with E-state index < -0.39 is 0 Å². The average molecular weight is 324 g/mol. The van der Waals surface area contributed by atoms with E-state index >= 15 is 0 Å². The Balaban J connectivity index is 1.49. The minimum Gasteiger partial charge on any atom is -0.372 e. The van der Waals surface area contributed by atoms with Gasteiger partial charge in [0.1, 0.15) is 6.10 Å². The van der Waals surface area contributed by atoms with Crippen LogP contribution in [0.15, 0.2) is 43.0 Å². The number of ether oxygens (including phenoxy) is 1. The molecule has 2 N–H and O–H groups in total. The second-order valence-corrected chi connectivity index (χ2v) is 6.23. The summed E-state index contributed by atoms with van der Waals surface area (Å²) in [5, 5.41) is 4.12. The van der Waals surface area contributed by atoms with Crippen molar-refractivity contribution in [2.24, 2.45) is 7.05 Å². The van der Waals surface area contributed by atoms with Crippen LogP contribution in [0.4, 0.5) is 0 Å². The fourth-order valence-corrected chi connectivity index (χ4v) is 3.36. The zero-order valence-electron chi connectivity index (χ0n) is 13.5. The third-order valence-electron chi connectivity index (χ3n) is 4.64. The SMILES string of the molecule is Cn1cncc1[C@H]1C[C@@H](NC(=O)c2cccc3[nH]ccc23)CCO1. The highest BCUT2D eigenvalue weighted by Gasteiger charge is 2.27. The Labute approximate surface area is 139 Å². The number of rotatable bonds is 3. The summed E-state index contributed by atoms with van der Waals surface area (Å²) in [5.74, 6) is -0.0316. The van der Waals surface area contributed by atoms with Crippen LogP contribution in [0.1, 0.15) is 35.0 Å². The summed E-state index contributed by atoms with van der Waals surface area (Å²) in [6.45, 7) is 0.634. The van der Waals surface area contributed by atoms with Crippen LogP contribution in [0.25, 0.3) is 10.9 Å².